The zero-order valence-electron chi connectivity index (χ0n) is 16.4. The van der Waals surface area contributed by atoms with Gasteiger partial charge in [-0.1, -0.05) is 13.8 Å². The molecule has 1 amide bonds. The average molecular weight is 398 g/mol. The first-order valence-corrected chi connectivity index (χ1v) is 9.45. The van der Waals surface area contributed by atoms with Crippen LogP contribution in [0, 0.1) is 5.82 Å². The Morgan fingerprint density at radius 2 is 1.83 bits per heavy atom. The molecule has 0 fully saturated rings. The lowest BCUT2D eigenvalue weighted by molar-refractivity contribution is 0.0466. The minimum atomic E-state index is -0.427. The average Bonchev–Trinajstić information content (AvgIpc) is 3.15. The molecule has 7 nitrogen and oxygen atoms in total. The molecule has 0 aliphatic heterocycles. The molecule has 0 saturated heterocycles. The highest BCUT2D eigenvalue weighted by Gasteiger charge is 2.13. The third-order valence-electron chi connectivity index (χ3n) is 4.56. The number of imidazole rings is 1. The van der Waals surface area contributed by atoms with Crippen LogP contribution in [-0.4, -0.2) is 52.4 Å². The van der Waals surface area contributed by atoms with Crippen LogP contribution < -0.4 is 5.32 Å². The summed E-state index contributed by atoms with van der Waals surface area (Å²) < 4.78 is 20.0. The van der Waals surface area contributed by atoms with Crippen molar-refractivity contribution in [2.45, 2.75) is 13.8 Å². The van der Waals surface area contributed by atoms with Crippen molar-refractivity contribution in [2.75, 3.05) is 31.6 Å². The molecule has 0 aliphatic carbocycles. The number of aromatic nitrogens is 2. The van der Waals surface area contributed by atoms with Gasteiger partial charge in [0.2, 0.25) is 0 Å². The number of amides is 1. The summed E-state index contributed by atoms with van der Waals surface area (Å²) in [5.41, 5.74) is 1.55. The molecule has 3 rings (SSSR count). The predicted molar refractivity (Wildman–Crippen MR) is 108 cm³/mol. The largest absolute Gasteiger partial charge is 0.461 e. The fourth-order valence-electron chi connectivity index (χ4n) is 2.85. The van der Waals surface area contributed by atoms with Crippen LogP contribution in [0.4, 0.5) is 10.1 Å². The maximum Gasteiger partial charge on any atom is 0.338 e. The molecule has 1 N–H and O–H groups in total. The molecule has 0 atom stereocenters. The molecule has 0 aliphatic rings. The number of benzene rings is 1. The third kappa shape index (κ3) is 5.17. The highest BCUT2D eigenvalue weighted by Crippen LogP contribution is 2.13. The van der Waals surface area contributed by atoms with E-state index in [1.165, 1.54) is 28.9 Å². The van der Waals surface area contributed by atoms with E-state index in [0.29, 0.717) is 30.0 Å². The minimum Gasteiger partial charge on any atom is -0.461 e. The number of carbonyl (C=O) groups excluding carboxylic acids is 2. The minimum absolute atomic E-state index is 0.162. The maximum atomic E-state index is 13.3. The number of nitrogens with zero attached hydrogens (tertiary/aromatic N) is 3. The van der Waals surface area contributed by atoms with Gasteiger partial charge < -0.3 is 19.4 Å². The number of halogens is 1. The van der Waals surface area contributed by atoms with Crippen LogP contribution in [0.2, 0.25) is 0 Å². The van der Waals surface area contributed by atoms with Crippen LogP contribution in [0.3, 0.4) is 0 Å². The number of carbonyl (C=O) groups is 2. The van der Waals surface area contributed by atoms with Crippen LogP contribution in [0.5, 0.6) is 0 Å². The quantitative estimate of drug-likeness (QED) is 0.590. The van der Waals surface area contributed by atoms with Crippen LogP contribution in [-0.2, 0) is 4.74 Å². The normalized spacial score (nSPS) is 11.0. The first-order valence-electron chi connectivity index (χ1n) is 9.45. The lowest BCUT2D eigenvalue weighted by Crippen LogP contribution is -2.27. The van der Waals surface area contributed by atoms with E-state index in [4.69, 9.17) is 4.74 Å². The van der Waals surface area contributed by atoms with Crippen molar-refractivity contribution >= 4 is 23.2 Å². The van der Waals surface area contributed by atoms with Gasteiger partial charge in [-0.25, -0.2) is 14.2 Å². The molecule has 0 radical (unpaired) electrons. The lowest BCUT2D eigenvalue weighted by Gasteiger charge is -2.17. The molecule has 0 bridgehead atoms. The van der Waals surface area contributed by atoms with Gasteiger partial charge in [0.1, 0.15) is 23.8 Å². The summed E-state index contributed by atoms with van der Waals surface area (Å²) in [6, 6.07) is 9.20. The van der Waals surface area contributed by atoms with Crippen molar-refractivity contribution in [3.8, 4) is 0 Å². The first-order chi connectivity index (χ1) is 14.0. The summed E-state index contributed by atoms with van der Waals surface area (Å²) in [6.07, 6.45) is 2.70. The Morgan fingerprint density at radius 3 is 2.52 bits per heavy atom. The van der Waals surface area contributed by atoms with Gasteiger partial charge in [0, 0.05) is 24.6 Å². The number of nitrogens with one attached hydrogen (secondary N) is 1. The van der Waals surface area contributed by atoms with Gasteiger partial charge in [0.15, 0.2) is 0 Å². The number of hydrogen-bond donors (Lipinski definition) is 1. The van der Waals surface area contributed by atoms with Crippen molar-refractivity contribution in [1.29, 1.82) is 0 Å². The first kappa shape index (κ1) is 20.5. The molecule has 8 heteroatoms. The van der Waals surface area contributed by atoms with Crippen molar-refractivity contribution in [3.05, 3.63) is 65.9 Å². The summed E-state index contributed by atoms with van der Waals surface area (Å²) in [7, 11) is 0. The zero-order valence-corrected chi connectivity index (χ0v) is 16.4. The van der Waals surface area contributed by atoms with E-state index >= 15 is 0 Å². The number of pyridine rings is 1. The second-order valence-corrected chi connectivity index (χ2v) is 6.43. The Kier molecular flexibility index (Phi) is 6.56. The zero-order chi connectivity index (χ0) is 20.8. The molecule has 3 aromatic rings. The Morgan fingerprint density at radius 1 is 1.10 bits per heavy atom. The second-order valence-electron chi connectivity index (χ2n) is 6.43. The van der Waals surface area contributed by atoms with E-state index < -0.39 is 17.7 Å². The monoisotopic (exact) mass is 398 g/mol. The second kappa shape index (κ2) is 9.29. The summed E-state index contributed by atoms with van der Waals surface area (Å²) in [6.45, 7) is 6.95. The van der Waals surface area contributed by atoms with Crippen LogP contribution in [0.1, 0.15) is 34.7 Å². The van der Waals surface area contributed by atoms with Gasteiger partial charge in [0.05, 0.1) is 5.56 Å². The van der Waals surface area contributed by atoms with Crippen molar-refractivity contribution in [2.24, 2.45) is 0 Å². The molecule has 1 aromatic carbocycles. The fourth-order valence-corrected chi connectivity index (χ4v) is 2.85. The molecule has 2 heterocycles. The smallest absolute Gasteiger partial charge is 0.338 e. The summed E-state index contributed by atoms with van der Waals surface area (Å²) >= 11 is 0. The van der Waals surface area contributed by atoms with Crippen LogP contribution in [0.15, 0.2) is 48.8 Å². The van der Waals surface area contributed by atoms with E-state index in [-0.39, 0.29) is 5.69 Å². The Bertz CT molecular complexity index is 997. The van der Waals surface area contributed by atoms with Gasteiger partial charge in [0.25, 0.3) is 5.91 Å². The summed E-state index contributed by atoms with van der Waals surface area (Å²) in [5, 5.41) is 2.71. The maximum absolute atomic E-state index is 13.3. The Hall–Kier alpha value is -3.26. The van der Waals surface area contributed by atoms with Gasteiger partial charge >= 0.3 is 5.97 Å². The van der Waals surface area contributed by atoms with Crippen molar-refractivity contribution in [3.63, 3.8) is 0 Å². The number of fused-ring (bicyclic) bond motifs is 1. The van der Waals surface area contributed by atoms with Crippen molar-refractivity contribution in [1.82, 2.24) is 14.3 Å². The van der Waals surface area contributed by atoms with Crippen LogP contribution >= 0.6 is 0 Å². The van der Waals surface area contributed by atoms with Crippen LogP contribution in [0.25, 0.3) is 5.65 Å². The van der Waals surface area contributed by atoms with Gasteiger partial charge in [-0.05, 0) is 49.5 Å². The van der Waals surface area contributed by atoms with Gasteiger partial charge in [-0.2, -0.15) is 0 Å². The van der Waals surface area contributed by atoms with Gasteiger partial charge in [-0.15, -0.1) is 0 Å². The van der Waals surface area contributed by atoms with E-state index in [9.17, 15) is 14.0 Å². The topological polar surface area (TPSA) is 75.9 Å². The van der Waals surface area contributed by atoms with Crippen molar-refractivity contribution < 1.29 is 18.7 Å². The number of anilines is 1. The number of esters is 1. The van der Waals surface area contributed by atoms with E-state index in [1.54, 1.807) is 24.3 Å². The Labute approximate surface area is 168 Å². The number of rotatable bonds is 8. The van der Waals surface area contributed by atoms with Gasteiger partial charge in [-0.3, -0.25) is 4.79 Å². The number of ether oxygens (including phenoxy) is 1. The molecule has 0 spiro atoms. The SMILES string of the molecule is CCN(CC)CCOC(=O)c1ccc(NC(=O)c2cn3cc(F)ccc3n2)cc1. The fraction of sp³-hybridized carbons (Fsp3) is 0.286. The molecule has 0 unspecified atom stereocenters. The Balaban J connectivity index is 1.57. The van der Waals surface area contributed by atoms with E-state index in [1.807, 2.05) is 0 Å². The highest BCUT2D eigenvalue weighted by molar-refractivity contribution is 6.03. The molecule has 152 valence electrons. The standard InChI is InChI=1S/C21H23FN4O3/c1-3-25(4-2)11-12-29-21(28)15-5-8-17(9-6-15)23-20(27)18-14-26-13-16(22)7-10-19(26)24-18/h5-10,13-14H,3-4,11-12H2,1-2H3,(H,23,27). The molecule has 2 aromatic heterocycles. The third-order valence-corrected chi connectivity index (χ3v) is 4.56. The highest BCUT2D eigenvalue weighted by atomic mass is 19.1. The molecular weight excluding hydrogens is 375 g/mol. The molecule has 29 heavy (non-hydrogen) atoms. The summed E-state index contributed by atoms with van der Waals surface area (Å²) in [4.78, 5) is 30.8. The van der Waals surface area contributed by atoms with E-state index in [0.717, 1.165) is 13.1 Å². The predicted octanol–water partition coefficient (Wildman–Crippen LogP) is 3.22. The van der Waals surface area contributed by atoms with E-state index in [2.05, 4.69) is 29.0 Å². The number of likely N-dealkylation sites (N-methyl/N-ethyl adjacent to an activating group) is 1. The lowest BCUT2D eigenvalue weighted by atomic mass is 10.2. The summed E-state index contributed by atoms with van der Waals surface area (Å²) in [5.74, 6) is -1.25. The molecular formula is C21H23FN4O3. The molecule has 0 saturated carbocycles. The number of hydrogen-bond acceptors (Lipinski definition) is 5.